The minimum absolute atomic E-state index is 0.0291. The maximum atomic E-state index is 12.0. The van der Waals surface area contributed by atoms with Crippen molar-refractivity contribution in [2.45, 2.75) is 38.5 Å². The van der Waals surface area contributed by atoms with Crippen molar-refractivity contribution in [1.82, 2.24) is 15.6 Å². The molecule has 1 aromatic heterocycles. The Balaban J connectivity index is 1.38. The average Bonchev–Trinajstić information content (AvgIpc) is 3.04. The second kappa shape index (κ2) is 7.99. The number of carbonyl (C=O) groups is 2. The summed E-state index contributed by atoms with van der Waals surface area (Å²) in [7, 11) is 0. The number of fused-ring (bicyclic) bond motifs is 1. The Kier molecular flexibility index (Phi) is 5.51. The highest BCUT2D eigenvalue weighted by atomic mass is 16.2. The Bertz CT molecular complexity index is 701. The van der Waals surface area contributed by atoms with Crippen LogP contribution >= 0.6 is 0 Å². The molecule has 2 amide bonds. The molecule has 1 aromatic carbocycles. The summed E-state index contributed by atoms with van der Waals surface area (Å²) in [4.78, 5) is 27.1. The third-order valence-electron chi connectivity index (χ3n) is 4.79. The number of rotatable bonds is 6. The number of hydrogen-bond acceptors (Lipinski definition) is 2. The van der Waals surface area contributed by atoms with Crippen molar-refractivity contribution in [3.05, 3.63) is 36.0 Å². The summed E-state index contributed by atoms with van der Waals surface area (Å²) in [6.07, 6.45) is 8.12. The molecule has 2 aromatic rings. The van der Waals surface area contributed by atoms with E-state index in [0.29, 0.717) is 6.54 Å². The third-order valence-corrected chi connectivity index (χ3v) is 4.79. The average molecular weight is 327 g/mol. The minimum atomic E-state index is -0.126. The second-order valence-corrected chi connectivity index (χ2v) is 6.51. The predicted octanol–water partition coefficient (Wildman–Crippen LogP) is 2.52. The Hall–Kier alpha value is -2.30. The zero-order valence-corrected chi connectivity index (χ0v) is 13.9. The topological polar surface area (TPSA) is 74.0 Å². The number of amides is 2. The molecule has 0 aliphatic heterocycles. The van der Waals surface area contributed by atoms with Crippen LogP contribution < -0.4 is 10.6 Å². The smallest absolute Gasteiger partial charge is 0.239 e. The highest BCUT2D eigenvalue weighted by Crippen LogP contribution is 2.23. The number of H-pyrrole nitrogens is 1. The molecule has 1 aliphatic carbocycles. The summed E-state index contributed by atoms with van der Waals surface area (Å²) in [6, 6.07) is 8.13. The van der Waals surface area contributed by atoms with E-state index in [1.54, 1.807) is 0 Å². The van der Waals surface area contributed by atoms with E-state index < -0.39 is 0 Å². The van der Waals surface area contributed by atoms with Crippen molar-refractivity contribution >= 4 is 22.7 Å². The first-order valence-electron chi connectivity index (χ1n) is 8.83. The molecule has 128 valence electrons. The lowest BCUT2D eigenvalue weighted by Gasteiger charge is -2.20. The highest BCUT2D eigenvalue weighted by molar-refractivity contribution is 5.86. The maximum absolute atomic E-state index is 12.0. The van der Waals surface area contributed by atoms with Crippen molar-refractivity contribution in [3.8, 4) is 0 Å². The van der Waals surface area contributed by atoms with Gasteiger partial charge in [-0.2, -0.15) is 0 Å². The van der Waals surface area contributed by atoms with Crippen molar-refractivity contribution < 1.29 is 9.59 Å². The first kappa shape index (κ1) is 16.6. The number of nitrogens with one attached hydrogen (secondary N) is 3. The Morgan fingerprint density at radius 2 is 1.88 bits per heavy atom. The molecular formula is C19H25N3O2. The third kappa shape index (κ3) is 4.16. The molecule has 1 saturated carbocycles. The van der Waals surface area contributed by atoms with E-state index in [-0.39, 0.29) is 24.3 Å². The largest absolute Gasteiger partial charge is 0.361 e. The normalized spacial score (nSPS) is 15.3. The summed E-state index contributed by atoms with van der Waals surface area (Å²) < 4.78 is 0. The molecule has 1 aliphatic rings. The first-order valence-corrected chi connectivity index (χ1v) is 8.83. The predicted molar refractivity (Wildman–Crippen MR) is 94.6 cm³/mol. The van der Waals surface area contributed by atoms with Gasteiger partial charge in [0.15, 0.2) is 0 Å². The van der Waals surface area contributed by atoms with Crippen molar-refractivity contribution in [1.29, 1.82) is 0 Å². The number of carbonyl (C=O) groups excluding carboxylic acids is 2. The lowest BCUT2D eigenvalue weighted by molar-refractivity contribution is -0.129. The van der Waals surface area contributed by atoms with Gasteiger partial charge in [-0.15, -0.1) is 0 Å². The van der Waals surface area contributed by atoms with Crippen LogP contribution in [0.2, 0.25) is 0 Å². The molecule has 24 heavy (non-hydrogen) atoms. The van der Waals surface area contributed by atoms with Gasteiger partial charge in [-0.25, -0.2) is 0 Å². The van der Waals surface area contributed by atoms with E-state index in [2.05, 4.69) is 21.7 Å². The SMILES string of the molecule is O=C(CNC(=O)C1CCCCC1)NCCc1c[nH]c2ccccc12. The lowest BCUT2D eigenvalue weighted by Crippen LogP contribution is -2.40. The standard InChI is InChI=1S/C19H25N3O2/c23-18(13-22-19(24)14-6-2-1-3-7-14)20-11-10-15-12-21-17-9-5-4-8-16(15)17/h4-5,8-9,12,14,21H,1-3,6-7,10-11,13H2,(H,20,23)(H,22,24). The Morgan fingerprint density at radius 3 is 2.71 bits per heavy atom. The van der Waals surface area contributed by atoms with Crippen LogP contribution in [0.3, 0.4) is 0 Å². The lowest BCUT2D eigenvalue weighted by atomic mass is 9.89. The zero-order valence-electron chi connectivity index (χ0n) is 13.9. The van der Waals surface area contributed by atoms with Crippen LogP contribution in [0.25, 0.3) is 10.9 Å². The first-order chi connectivity index (χ1) is 11.7. The van der Waals surface area contributed by atoms with Gasteiger partial charge in [0.25, 0.3) is 0 Å². The van der Waals surface area contributed by atoms with Gasteiger partial charge in [-0.1, -0.05) is 37.5 Å². The summed E-state index contributed by atoms with van der Waals surface area (Å²) >= 11 is 0. The molecular weight excluding hydrogens is 302 g/mol. The summed E-state index contributed by atoms with van der Waals surface area (Å²) in [5.41, 5.74) is 2.30. The van der Waals surface area contributed by atoms with E-state index in [9.17, 15) is 9.59 Å². The molecule has 0 bridgehead atoms. The quantitative estimate of drug-likeness (QED) is 0.763. The molecule has 1 heterocycles. The van der Waals surface area contributed by atoms with Gasteiger partial charge in [-0.3, -0.25) is 9.59 Å². The van der Waals surface area contributed by atoms with Crippen molar-refractivity contribution in [2.24, 2.45) is 5.92 Å². The van der Waals surface area contributed by atoms with Crippen LogP contribution in [0.1, 0.15) is 37.7 Å². The molecule has 1 fully saturated rings. The maximum Gasteiger partial charge on any atom is 0.239 e. The van der Waals surface area contributed by atoms with Crippen LogP contribution in [-0.2, 0) is 16.0 Å². The highest BCUT2D eigenvalue weighted by Gasteiger charge is 2.21. The number of para-hydroxylation sites is 1. The summed E-state index contributed by atoms with van der Waals surface area (Å²) in [6.45, 7) is 0.642. The van der Waals surface area contributed by atoms with E-state index in [0.717, 1.165) is 37.6 Å². The molecule has 0 saturated heterocycles. The van der Waals surface area contributed by atoms with Crippen molar-refractivity contribution in [2.75, 3.05) is 13.1 Å². The van der Waals surface area contributed by atoms with Gasteiger partial charge in [0.2, 0.25) is 11.8 Å². The molecule has 3 rings (SSSR count). The minimum Gasteiger partial charge on any atom is -0.361 e. The molecule has 5 nitrogen and oxygen atoms in total. The van der Waals surface area contributed by atoms with Gasteiger partial charge < -0.3 is 15.6 Å². The fraction of sp³-hybridized carbons (Fsp3) is 0.474. The summed E-state index contributed by atoms with van der Waals surface area (Å²) in [5.74, 6) is -0.00162. The van der Waals surface area contributed by atoms with Gasteiger partial charge >= 0.3 is 0 Å². The van der Waals surface area contributed by atoms with E-state index in [4.69, 9.17) is 0 Å². The molecule has 0 unspecified atom stereocenters. The molecule has 0 radical (unpaired) electrons. The Morgan fingerprint density at radius 1 is 1.08 bits per heavy atom. The van der Waals surface area contributed by atoms with Crippen LogP contribution in [0, 0.1) is 5.92 Å². The van der Waals surface area contributed by atoms with Gasteiger partial charge in [0.05, 0.1) is 6.54 Å². The van der Waals surface area contributed by atoms with Crippen molar-refractivity contribution in [3.63, 3.8) is 0 Å². The zero-order chi connectivity index (χ0) is 16.8. The molecule has 0 atom stereocenters. The molecule has 0 spiro atoms. The van der Waals surface area contributed by atoms with Crippen LogP contribution in [0.5, 0.6) is 0 Å². The van der Waals surface area contributed by atoms with Crippen LogP contribution in [0.15, 0.2) is 30.5 Å². The second-order valence-electron chi connectivity index (χ2n) is 6.51. The fourth-order valence-corrected chi connectivity index (χ4v) is 3.41. The number of aromatic nitrogens is 1. The van der Waals surface area contributed by atoms with Gasteiger partial charge in [0, 0.05) is 29.6 Å². The number of benzene rings is 1. The van der Waals surface area contributed by atoms with Gasteiger partial charge in [-0.05, 0) is 30.9 Å². The summed E-state index contributed by atoms with van der Waals surface area (Å²) in [5, 5.41) is 6.84. The number of aromatic amines is 1. The fourth-order valence-electron chi connectivity index (χ4n) is 3.41. The van der Waals surface area contributed by atoms with Crippen LogP contribution in [0.4, 0.5) is 0 Å². The Labute approximate surface area is 142 Å². The monoisotopic (exact) mass is 327 g/mol. The number of hydrogen-bond donors (Lipinski definition) is 3. The molecule has 3 N–H and O–H groups in total. The molecule has 5 heteroatoms. The van der Waals surface area contributed by atoms with E-state index in [1.807, 2.05) is 24.4 Å². The van der Waals surface area contributed by atoms with Crippen LogP contribution in [-0.4, -0.2) is 29.9 Å². The van der Waals surface area contributed by atoms with E-state index >= 15 is 0 Å². The van der Waals surface area contributed by atoms with Gasteiger partial charge in [0.1, 0.15) is 0 Å². The van der Waals surface area contributed by atoms with E-state index in [1.165, 1.54) is 17.4 Å².